The predicted molar refractivity (Wildman–Crippen MR) is 118 cm³/mol. The molecule has 0 atom stereocenters. The topological polar surface area (TPSA) is 63.5 Å². The van der Waals surface area contributed by atoms with Crippen molar-refractivity contribution in [2.45, 2.75) is 46.9 Å². The van der Waals surface area contributed by atoms with E-state index in [-0.39, 0.29) is 29.7 Å². The molecule has 1 aromatic heterocycles. The van der Waals surface area contributed by atoms with Crippen molar-refractivity contribution >= 4 is 29.9 Å². The normalized spacial score (nSPS) is 11.3. The summed E-state index contributed by atoms with van der Waals surface area (Å²) in [6.45, 7) is 5.88. The van der Waals surface area contributed by atoms with Gasteiger partial charge in [-0.3, -0.25) is 4.68 Å². The maximum absolute atomic E-state index is 12.3. The number of hydrogen-bond donors (Lipinski definition) is 2. The van der Waals surface area contributed by atoms with Crippen LogP contribution >= 0.6 is 24.0 Å². The molecule has 9 heteroatoms. The average Bonchev–Trinajstić information content (AvgIpc) is 2.93. The third-order valence-corrected chi connectivity index (χ3v) is 3.83. The second kappa shape index (κ2) is 12.5. The summed E-state index contributed by atoms with van der Waals surface area (Å²) in [6.07, 6.45) is 0.907. The molecule has 1 aromatic carbocycles. The molecule has 0 fully saturated rings. The monoisotopic (exact) mass is 507 g/mol. The number of benzene rings is 1. The number of aliphatic imine (C=N–C) groups is 1. The predicted octanol–water partition coefficient (Wildman–Crippen LogP) is 3.86. The molecule has 0 amide bonds. The lowest BCUT2D eigenvalue weighted by Crippen LogP contribution is -2.38. The first-order valence-electron chi connectivity index (χ1n) is 9.05. The zero-order valence-corrected chi connectivity index (χ0v) is 18.7. The fourth-order valence-corrected chi connectivity index (χ4v) is 2.67. The Balaban J connectivity index is 0.00000392. The van der Waals surface area contributed by atoms with Gasteiger partial charge < -0.3 is 15.4 Å². The van der Waals surface area contributed by atoms with Gasteiger partial charge in [0.05, 0.1) is 12.2 Å². The molecule has 1 heterocycles. The first-order valence-corrected chi connectivity index (χ1v) is 9.05. The van der Waals surface area contributed by atoms with Gasteiger partial charge in [0.2, 0.25) is 0 Å². The molecule has 2 rings (SSSR count). The van der Waals surface area contributed by atoms with E-state index in [1.807, 2.05) is 31.5 Å². The van der Waals surface area contributed by atoms with E-state index in [1.54, 1.807) is 12.1 Å². The van der Waals surface area contributed by atoms with Gasteiger partial charge in [0, 0.05) is 25.3 Å². The van der Waals surface area contributed by atoms with Gasteiger partial charge in [-0.25, -0.2) is 4.99 Å². The molecule has 0 saturated carbocycles. The first-order chi connectivity index (χ1) is 13.0. The molecule has 0 unspecified atom stereocenters. The van der Waals surface area contributed by atoms with Crippen LogP contribution in [-0.4, -0.2) is 35.4 Å². The standard InChI is InChI=1S/C19H27F2N5O.HI/c1-4-22-19(23-9-6-10-26-15(3)11-14(2)25-26)24-13-16-7-5-8-17(12-16)27-18(20)21;/h5,7-8,11-12,18H,4,6,9-10,13H2,1-3H3,(H2,22,23,24);1H. The van der Waals surface area contributed by atoms with Crippen molar-refractivity contribution < 1.29 is 13.5 Å². The van der Waals surface area contributed by atoms with E-state index in [0.29, 0.717) is 12.5 Å². The van der Waals surface area contributed by atoms with Gasteiger partial charge in [0.25, 0.3) is 0 Å². The van der Waals surface area contributed by atoms with Crippen LogP contribution in [0.5, 0.6) is 5.75 Å². The van der Waals surface area contributed by atoms with Gasteiger partial charge in [-0.05, 0) is 51.0 Å². The Morgan fingerprint density at radius 2 is 2.04 bits per heavy atom. The van der Waals surface area contributed by atoms with E-state index in [9.17, 15) is 8.78 Å². The zero-order valence-electron chi connectivity index (χ0n) is 16.4. The second-order valence-electron chi connectivity index (χ2n) is 6.15. The Bertz CT molecular complexity index is 752. The fraction of sp³-hybridized carbons (Fsp3) is 0.474. The molecular formula is C19H28F2IN5O. The van der Waals surface area contributed by atoms with Gasteiger partial charge in [0.15, 0.2) is 5.96 Å². The molecule has 0 aliphatic heterocycles. The number of guanidine groups is 1. The number of ether oxygens (including phenoxy) is 1. The van der Waals surface area contributed by atoms with E-state index >= 15 is 0 Å². The molecule has 0 saturated heterocycles. The maximum atomic E-state index is 12.3. The molecule has 156 valence electrons. The summed E-state index contributed by atoms with van der Waals surface area (Å²) in [5.74, 6) is 0.826. The highest BCUT2D eigenvalue weighted by Gasteiger charge is 2.05. The van der Waals surface area contributed by atoms with Crippen LogP contribution in [0.3, 0.4) is 0 Å². The van der Waals surface area contributed by atoms with Crippen LogP contribution in [0.1, 0.15) is 30.3 Å². The molecule has 2 aromatic rings. The van der Waals surface area contributed by atoms with Crippen molar-refractivity contribution in [1.29, 1.82) is 0 Å². The second-order valence-corrected chi connectivity index (χ2v) is 6.15. The number of alkyl halides is 2. The molecule has 0 radical (unpaired) electrons. The number of hydrogen-bond acceptors (Lipinski definition) is 3. The van der Waals surface area contributed by atoms with Crippen LogP contribution in [0.25, 0.3) is 0 Å². The number of rotatable bonds is 9. The van der Waals surface area contributed by atoms with Crippen molar-refractivity contribution in [1.82, 2.24) is 20.4 Å². The number of nitrogens with zero attached hydrogens (tertiary/aromatic N) is 3. The van der Waals surface area contributed by atoms with Gasteiger partial charge in [-0.1, -0.05) is 12.1 Å². The number of aromatic nitrogens is 2. The summed E-state index contributed by atoms with van der Waals surface area (Å²) in [5.41, 5.74) is 2.97. The van der Waals surface area contributed by atoms with Crippen LogP contribution in [0, 0.1) is 13.8 Å². The van der Waals surface area contributed by atoms with Crippen molar-refractivity contribution in [3.63, 3.8) is 0 Å². The zero-order chi connectivity index (χ0) is 19.6. The van der Waals surface area contributed by atoms with E-state index in [2.05, 4.69) is 31.5 Å². The maximum Gasteiger partial charge on any atom is 0.387 e. The van der Waals surface area contributed by atoms with Crippen LogP contribution in [0.4, 0.5) is 8.78 Å². The highest BCUT2D eigenvalue weighted by atomic mass is 127. The minimum atomic E-state index is -2.83. The molecule has 0 aliphatic rings. The summed E-state index contributed by atoms with van der Waals surface area (Å²) in [4.78, 5) is 4.50. The number of halogens is 3. The SMILES string of the molecule is CCNC(=NCc1cccc(OC(F)F)c1)NCCCn1nc(C)cc1C.I. The van der Waals surface area contributed by atoms with Gasteiger partial charge in [0.1, 0.15) is 5.75 Å². The molecule has 0 aliphatic carbocycles. The van der Waals surface area contributed by atoms with Gasteiger partial charge in [-0.15, -0.1) is 24.0 Å². The quantitative estimate of drug-likeness (QED) is 0.234. The smallest absolute Gasteiger partial charge is 0.387 e. The molecule has 0 bridgehead atoms. The lowest BCUT2D eigenvalue weighted by Gasteiger charge is -2.12. The number of aryl methyl sites for hydroxylation is 3. The molecular weight excluding hydrogens is 479 g/mol. The van der Waals surface area contributed by atoms with Crippen molar-refractivity contribution in [2.24, 2.45) is 4.99 Å². The highest BCUT2D eigenvalue weighted by Crippen LogP contribution is 2.16. The molecule has 6 nitrogen and oxygen atoms in total. The molecule has 0 spiro atoms. The van der Waals surface area contributed by atoms with Crippen LogP contribution in [0.15, 0.2) is 35.3 Å². The van der Waals surface area contributed by atoms with Crippen molar-refractivity contribution in [3.8, 4) is 5.75 Å². The fourth-order valence-electron chi connectivity index (χ4n) is 2.67. The third-order valence-electron chi connectivity index (χ3n) is 3.83. The van der Waals surface area contributed by atoms with Crippen LogP contribution in [0.2, 0.25) is 0 Å². The summed E-state index contributed by atoms with van der Waals surface area (Å²) < 4.78 is 31.0. The Morgan fingerprint density at radius 3 is 2.68 bits per heavy atom. The number of nitrogens with one attached hydrogen (secondary N) is 2. The van der Waals surface area contributed by atoms with Crippen LogP contribution in [-0.2, 0) is 13.1 Å². The van der Waals surface area contributed by atoms with E-state index in [1.165, 1.54) is 6.07 Å². The van der Waals surface area contributed by atoms with Crippen molar-refractivity contribution in [2.75, 3.05) is 13.1 Å². The lowest BCUT2D eigenvalue weighted by molar-refractivity contribution is -0.0498. The summed E-state index contributed by atoms with van der Waals surface area (Å²) in [5, 5.41) is 10.9. The molecule has 28 heavy (non-hydrogen) atoms. The van der Waals surface area contributed by atoms with Crippen LogP contribution < -0.4 is 15.4 Å². The minimum absolute atomic E-state index is 0. The van der Waals surface area contributed by atoms with Crippen molar-refractivity contribution in [3.05, 3.63) is 47.3 Å². The highest BCUT2D eigenvalue weighted by molar-refractivity contribution is 14.0. The lowest BCUT2D eigenvalue weighted by atomic mass is 10.2. The van der Waals surface area contributed by atoms with Gasteiger partial charge >= 0.3 is 6.61 Å². The Labute approximate surface area is 181 Å². The average molecular weight is 507 g/mol. The third kappa shape index (κ3) is 8.41. The Hall–Kier alpha value is -1.91. The first kappa shape index (κ1) is 24.1. The van der Waals surface area contributed by atoms with Gasteiger partial charge in [-0.2, -0.15) is 13.9 Å². The minimum Gasteiger partial charge on any atom is -0.435 e. The van der Waals surface area contributed by atoms with E-state index < -0.39 is 6.61 Å². The molecule has 2 N–H and O–H groups in total. The summed E-state index contributed by atoms with van der Waals surface area (Å²) in [7, 11) is 0. The van der Waals surface area contributed by atoms with E-state index in [4.69, 9.17) is 0 Å². The summed E-state index contributed by atoms with van der Waals surface area (Å²) in [6, 6.07) is 8.64. The Kier molecular flexibility index (Phi) is 10.8. The summed E-state index contributed by atoms with van der Waals surface area (Å²) >= 11 is 0. The van der Waals surface area contributed by atoms with E-state index in [0.717, 1.165) is 43.0 Å². The Morgan fingerprint density at radius 1 is 1.25 bits per heavy atom. The largest absolute Gasteiger partial charge is 0.435 e.